The molecule has 49 heavy (non-hydrogen) atoms. The smallest absolute Gasteiger partial charge is 0.264 e. The number of nitrogens with one attached hydrogen (secondary N) is 1. The summed E-state index contributed by atoms with van der Waals surface area (Å²) >= 11 is 6.11. The fourth-order valence-electron chi connectivity index (χ4n) is 6.18. The van der Waals surface area contributed by atoms with E-state index < -0.39 is 28.5 Å². The van der Waals surface area contributed by atoms with Crippen molar-refractivity contribution in [2.45, 2.75) is 75.9 Å². The second kappa shape index (κ2) is 16.9. The van der Waals surface area contributed by atoms with Crippen molar-refractivity contribution in [2.75, 3.05) is 17.5 Å². The first-order valence-electron chi connectivity index (χ1n) is 16.8. The van der Waals surface area contributed by atoms with Gasteiger partial charge in [0.1, 0.15) is 18.3 Å². The van der Waals surface area contributed by atoms with Gasteiger partial charge in [0.25, 0.3) is 10.0 Å². The topological polar surface area (TPSA) is 96.0 Å². The van der Waals surface area contributed by atoms with Gasteiger partial charge in [-0.15, -0.1) is 0 Å². The number of benzene rings is 4. The van der Waals surface area contributed by atoms with Crippen molar-refractivity contribution < 1.29 is 22.7 Å². The first-order chi connectivity index (χ1) is 23.7. The Morgan fingerprint density at radius 3 is 2.18 bits per heavy atom. The third-order valence-electron chi connectivity index (χ3n) is 8.81. The van der Waals surface area contributed by atoms with Crippen LogP contribution in [0.3, 0.4) is 0 Å². The van der Waals surface area contributed by atoms with Gasteiger partial charge in [-0.1, -0.05) is 103 Å². The van der Waals surface area contributed by atoms with Gasteiger partial charge in [0.2, 0.25) is 11.8 Å². The number of halogens is 1. The number of para-hydroxylation sites is 2. The van der Waals surface area contributed by atoms with Crippen molar-refractivity contribution in [1.82, 2.24) is 10.2 Å². The number of hydrogen-bond donors (Lipinski definition) is 1. The summed E-state index contributed by atoms with van der Waals surface area (Å²) in [6, 6.07) is 29.1. The highest BCUT2D eigenvalue weighted by molar-refractivity contribution is 7.92. The van der Waals surface area contributed by atoms with Crippen molar-refractivity contribution in [3.05, 3.63) is 125 Å². The van der Waals surface area contributed by atoms with E-state index in [9.17, 15) is 18.0 Å². The lowest BCUT2D eigenvalue weighted by atomic mass is 9.94. The van der Waals surface area contributed by atoms with Crippen molar-refractivity contribution in [3.63, 3.8) is 0 Å². The number of anilines is 1. The quantitative estimate of drug-likeness (QED) is 0.149. The van der Waals surface area contributed by atoms with Gasteiger partial charge in [0.15, 0.2) is 0 Å². The van der Waals surface area contributed by atoms with Gasteiger partial charge in [-0.25, -0.2) is 8.42 Å². The molecule has 1 unspecified atom stereocenters. The second-order valence-electron chi connectivity index (χ2n) is 12.4. The molecule has 1 fully saturated rings. The van der Waals surface area contributed by atoms with E-state index in [0.717, 1.165) is 53.1 Å². The van der Waals surface area contributed by atoms with E-state index in [2.05, 4.69) is 5.32 Å². The first-order valence-corrected chi connectivity index (χ1v) is 18.7. The Balaban J connectivity index is 1.59. The molecule has 4 aromatic rings. The molecular formula is C39H44ClN3O5S. The first kappa shape index (κ1) is 36.0. The maximum atomic E-state index is 14.8. The summed E-state index contributed by atoms with van der Waals surface area (Å²) in [6.07, 6.45) is 5.25. The predicted octanol–water partition coefficient (Wildman–Crippen LogP) is 7.33. The highest BCUT2D eigenvalue weighted by Gasteiger charge is 2.36. The van der Waals surface area contributed by atoms with E-state index in [1.165, 1.54) is 29.2 Å². The zero-order valence-electron chi connectivity index (χ0n) is 28.1. The van der Waals surface area contributed by atoms with E-state index >= 15 is 0 Å². The molecule has 1 aliphatic carbocycles. The Bertz CT molecular complexity index is 1790. The highest BCUT2D eigenvalue weighted by atomic mass is 35.5. The normalized spacial score (nSPS) is 14.1. The van der Waals surface area contributed by atoms with Gasteiger partial charge >= 0.3 is 0 Å². The van der Waals surface area contributed by atoms with Crippen molar-refractivity contribution >= 4 is 39.1 Å². The van der Waals surface area contributed by atoms with E-state index in [4.69, 9.17) is 16.3 Å². The number of aryl methyl sites for hydroxylation is 1. The molecule has 1 N–H and O–H groups in total. The number of carbonyl (C=O) groups excluding carboxylic acids is 2. The van der Waals surface area contributed by atoms with Gasteiger partial charge in [-0.3, -0.25) is 13.9 Å². The number of amides is 2. The van der Waals surface area contributed by atoms with Crippen molar-refractivity contribution in [1.29, 1.82) is 0 Å². The molecule has 2 amide bonds. The monoisotopic (exact) mass is 701 g/mol. The van der Waals surface area contributed by atoms with Crippen LogP contribution in [0.5, 0.6) is 5.75 Å². The van der Waals surface area contributed by atoms with E-state index in [0.29, 0.717) is 17.4 Å². The molecule has 1 saturated carbocycles. The lowest BCUT2D eigenvalue weighted by molar-refractivity contribution is -0.140. The average molecular weight is 702 g/mol. The molecular weight excluding hydrogens is 658 g/mol. The molecule has 1 atom stereocenters. The maximum Gasteiger partial charge on any atom is 0.264 e. The van der Waals surface area contributed by atoms with Crippen LogP contribution in [-0.4, -0.2) is 50.4 Å². The van der Waals surface area contributed by atoms with Crippen LogP contribution in [0.15, 0.2) is 108 Å². The molecule has 0 aromatic heterocycles. The Kier molecular flexibility index (Phi) is 12.4. The molecule has 0 heterocycles. The lowest BCUT2D eigenvalue weighted by Crippen LogP contribution is -2.55. The molecule has 0 radical (unpaired) electrons. The van der Waals surface area contributed by atoms with E-state index in [-0.39, 0.29) is 35.5 Å². The third-order valence-corrected chi connectivity index (χ3v) is 10.8. The number of ether oxygens (including phenoxy) is 1. The Morgan fingerprint density at radius 1 is 0.857 bits per heavy atom. The Labute approximate surface area is 295 Å². The predicted molar refractivity (Wildman–Crippen MR) is 194 cm³/mol. The summed E-state index contributed by atoms with van der Waals surface area (Å²) in [6.45, 7) is 3.62. The highest BCUT2D eigenvalue weighted by Crippen LogP contribution is 2.33. The molecule has 0 saturated heterocycles. The van der Waals surface area contributed by atoms with E-state index in [1.54, 1.807) is 24.3 Å². The fraction of sp³-hybridized carbons (Fsp3) is 0.333. The van der Waals surface area contributed by atoms with Crippen LogP contribution in [-0.2, 0) is 32.6 Å². The van der Waals surface area contributed by atoms with Crippen LogP contribution in [0.25, 0.3) is 0 Å². The van der Waals surface area contributed by atoms with Crippen LogP contribution in [0, 0.1) is 6.92 Å². The fourth-order valence-corrected chi connectivity index (χ4v) is 7.73. The van der Waals surface area contributed by atoms with Crippen molar-refractivity contribution in [3.8, 4) is 5.75 Å². The molecule has 0 bridgehead atoms. The summed E-state index contributed by atoms with van der Waals surface area (Å²) in [5.74, 6) is -0.460. The van der Waals surface area contributed by atoms with Gasteiger partial charge in [0.05, 0.1) is 17.2 Å². The van der Waals surface area contributed by atoms with Crippen LogP contribution in [0.1, 0.15) is 55.7 Å². The summed E-state index contributed by atoms with van der Waals surface area (Å²) in [4.78, 5) is 30.6. The van der Waals surface area contributed by atoms with Crippen molar-refractivity contribution in [2.24, 2.45) is 0 Å². The minimum atomic E-state index is -4.30. The largest absolute Gasteiger partial charge is 0.492 e. The molecule has 258 valence electrons. The number of hydrogen-bond acceptors (Lipinski definition) is 5. The van der Waals surface area contributed by atoms with E-state index in [1.807, 2.05) is 68.4 Å². The number of nitrogens with zero attached hydrogens (tertiary/aromatic N) is 2. The van der Waals surface area contributed by atoms with Gasteiger partial charge in [-0.05, 0) is 74.2 Å². The molecule has 1 aliphatic rings. The zero-order chi connectivity index (χ0) is 34.8. The van der Waals surface area contributed by atoms with Crippen LogP contribution in [0.2, 0.25) is 5.02 Å². The van der Waals surface area contributed by atoms with Gasteiger partial charge in [0, 0.05) is 24.0 Å². The minimum absolute atomic E-state index is 0.0238. The summed E-state index contributed by atoms with van der Waals surface area (Å²) in [5, 5.41) is 3.63. The van der Waals surface area contributed by atoms with Crippen LogP contribution >= 0.6 is 11.6 Å². The third kappa shape index (κ3) is 9.43. The zero-order valence-corrected chi connectivity index (χ0v) is 29.6. The maximum absolute atomic E-state index is 14.8. The van der Waals surface area contributed by atoms with Crippen LogP contribution < -0.4 is 14.4 Å². The van der Waals surface area contributed by atoms with Gasteiger partial charge in [-0.2, -0.15) is 0 Å². The SMILES string of the molecule is CCOc1ccccc1N(CC(=O)N(Cc1ccc(C)cc1)C(Cc1ccccc1)C(=O)NC1CCCCC1)S(=O)(=O)c1ccc(Cl)cc1. The van der Waals surface area contributed by atoms with Gasteiger partial charge < -0.3 is 15.0 Å². The molecule has 10 heteroatoms. The second-order valence-corrected chi connectivity index (χ2v) is 14.7. The number of rotatable bonds is 14. The summed E-state index contributed by atoms with van der Waals surface area (Å²) in [7, 11) is -4.30. The average Bonchev–Trinajstić information content (AvgIpc) is 3.11. The standard InChI is InChI=1S/C39H44ClN3O5S/c1-3-48-37-17-11-10-16-35(37)43(49(46,47)34-24-22-32(40)23-25-34)28-38(44)42(27-31-20-18-29(2)19-21-31)36(26-30-12-6-4-7-13-30)39(45)41-33-14-8-5-9-15-33/h4,6-7,10-13,16-25,33,36H,3,5,8-9,14-15,26-28H2,1-2H3,(H,41,45). The Hall–Kier alpha value is -4.34. The minimum Gasteiger partial charge on any atom is -0.492 e. The molecule has 8 nitrogen and oxygen atoms in total. The molecule has 0 spiro atoms. The molecule has 0 aliphatic heterocycles. The molecule has 5 rings (SSSR count). The van der Waals surface area contributed by atoms with Crippen LogP contribution in [0.4, 0.5) is 5.69 Å². The number of sulfonamides is 1. The Morgan fingerprint density at radius 2 is 1.51 bits per heavy atom. The molecule has 4 aromatic carbocycles. The number of carbonyl (C=O) groups is 2. The lowest BCUT2D eigenvalue weighted by Gasteiger charge is -2.35. The summed E-state index contributed by atoms with van der Waals surface area (Å²) in [5.41, 5.74) is 2.99. The summed E-state index contributed by atoms with van der Waals surface area (Å²) < 4.78 is 35.7.